The fourth-order valence-corrected chi connectivity index (χ4v) is 1.96. The third-order valence-electron chi connectivity index (χ3n) is 2.52. The second kappa shape index (κ2) is 4.51. The summed E-state index contributed by atoms with van der Waals surface area (Å²) in [6.45, 7) is 1.87. The van der Waals surface area contributed by atoms with Gasteiger partial charge in [-0.2, -0.15) is 5.10 Å². The van der Waals surface area contributed by atoms with Crippen molar-refractivity contribution in [3.63, 3.8) is 0 Å². The molecule has 0 unspecified atom stereocenters. The van der Waals surface area contributed by atoms with Crippen LogP contribution in [0.1, 0.15) is 18.5 Å². The van der Waals surface area contributed by atoms with Gasteiger partial charge in [0.2, 0.25) is 0 Å². The van der Waals surface area contributed by atoms with Crippen LogP contribution >= 0.6 is 0 Å². The van der Waals surface area contributed by atoms with E-state index in [1.165, 1.54) is 17.1 Å². The van der Waals surface area contributed by atoms with E-state index in [9.17, 15) is 8.42 Å². The molecular weight excluding hydrogens is 252 g/mol. The van der Waals surface area contributed by atoms with Crippen LogP contribution in [0.4, 0.5) is 0 Å². The molecule has 0 aliphatic carbocycles. The van der Waals surface area contributed by atoms with Gasteiger partial charge in [-0.3, -0.25) is 0 Å². The van der Waals surface area contributed by atoms with Crippen molar-refractivity contribution in [2.45, 2.75) is 17.9 Å². The van der Waals surface area contributed by atoms with Crippen molar-refractivity contribution in [3.05, 3.63) is 36.3 Å². The lowest BCUT2D eigenvalue weighted by Gasteiger charge is -2.05. The molecule has 96 valence electrons. The van der Waals surface area contributed by atoms with Crippen LogP contribution in [0, 0.1) is 0 Å². The average molecular weight is 266 g/mol. The van der Waals surface area contributed by atoms with Gasteiger partial charge in [0.1, 0.15) is 4.90 Å². The smallest absolute Gasteiger partial charge is 0.178 e. The van der Waals surface area contributed by atoms with Crippen molar-refractivity contribution in [1.82, 2.24) is 14.8 Å². The molecule has 0 aromatic carbocycles. The summed E-state index contributed by atoms with van der Waals surface area (Å²) in [5.74, 6) is 0.550. The van der Waals surface area contributed by atoms with E-state index in [0.717, 1.165) is 11.8 Å². The van der Waals surface area contributed by atoms with Gasteiger partial charge in [0, 0.05) is 18.5 Å². The molecule has 7 heteroatoms. The van der Waals surface area contributed by atoms with Gasteiger partial charge in [0.15, 0.2) is 15.7 Å². The third-order valence-corrected chi connectivity index (χ3v) is 3.59. The lowest BCUT2D eigenvalue weighted by Crippen LogP contribution is -2.06. The summed E-state index contributed by atoms with van der Waals surface area (Å²) in [6.07, 6.45) is 5.53. The Labute approximate surface area is 105 Å². The highest BCUT2D eigenvalue weighted by Crippen LogP contribution is 2.13. The molecule has 2 aromatic heterocycles. The van der Waals surface area contributed by atoms with E-state index < -0.39 is 9.84 Å². The van der Waals surface area contributed by atoms with E-state index in [1.54, 1.807) is 12.3 Å². The van der Waals surface area contributed by atoms with E-state index in [4.69, 9.17) is 5.73 Å². The van der Waals surface area contributed by atoms with Crippen LogP contribution in [0.5, 0.6) is 0 Å². The summed E-state index contributed by atoms with van der Waals surface area (Å²) in [6, 6.07) is 3.50. The van der Waals surface area contributed by atoms with Gasteiger partial charge in [0.05, 0.1) is 12.4 Å². The van der Waals surface area contributed by atoms with Gasteiger partial charge >= 0.3 is 0 Å². The van der Waals surface area contributed by atoms with Gasteiger partial charge in [-0.05, 0) is 18.6 Å². The average Bonchev–Trinajstić information content (AvgIpc) is 2.78. The minimum Gasteiger partial charge on any atom is -0.324 e. The second-order valence-corrected chi connectivity index (χ2v) is 6.15. The van der Waals surface area contributed by atoms with Crippen LogP contribution in [-0.2, 0) is 9.84 Å². The maximum absolute atomic E-state index is 11.3. The lowest BCUT2D eigenvalue weighted by atomic mass is 10.2. The summed E-state index contributed by atoms with van der Waals surface area (Å²) in [7, 11) is -3.24. The molecule has 0 amide bonds. The number of pyridine rings is 1. The topological polar surface area (TPSA) is 90.9 Å². The molecule has 2 rings (SSSR count). The minimum atomic E-state index is -3.24. The SMILES string of the molecule is C[C@@H](N)c1ccc(-n2cc(S(C)(=O)=O)cn2)nc1. The molecule has 1 atom stereocenters. The van der Waals surface area contributed by atoms with Crippen molar-refractivity contribution in [2.75, 3.05) is 6.26 Å². The first-order valence-corrected chi connectivity index (χ1v) is 7.23. The van der Waals surface area contributed by atoms with Gasteiger partial charge in [-0.15, -0.1) is 0 Å². The van der Waals surface area contributed by atoms with Crippen LogP contribution in [0.3, 0.4) is 0 Å². The number of hydrogen-bond donors (Lipinski definition) is 1. The molecule has 6 nitrogen and oxygen atoms in total. The first-order chi connectivity index (χ1) is 8.38. The summed E-state index contributed by atoms with van der Waals surface area (Å²) in [5, 5.41) is 3.97. The number of nitrogens with zero attached hydrogens (tertiary/aromatic N) is 3. The fourth-order valence-electron chi connectivity index (χ4n) is 1.43. The standard InChI is InChI=1S/C11H14N4O2S/c1-8(12)9-3-4-11(13-5-9)15-7-10(6-14-15)18(2,16)17/h3-8H,12H2,1-2H3/t8-/m1/s1. The number of aromatic nitrogens is 3. The van der Waals surface area contributed by atoms with Gasteiger partial charge in [-0.1, -0.05) is 6.07 Å². The van der Waals surface area contributed by atoms with Crippen LogP contribution in [0.25, 0.3) is 5.82 Å². The Bertz CT molecular complexity index is 644. The lowest BCUT2D eigenvalue weighted by molar-refractivity contribution is 0.602. The zero-order valence-electron chi connectivity index (χ0n) is 10.1. The van der Waals surface area contributed by atoms with Crippen molar-refractivity contribution in [3.8, 4) is 5.82 Å². The molecule has 0 aliphatic heterocycles. The van der Waals surface area contributed by atoms with E-state index in [0.29, 0.717) is 5.82 Å². The van der Waals surface area contributed by atoms with Crippen LogP contribution in [0.2, 0.25) is 0 Å². The monoisotopic (exact) mass is 266 g/mol. The highest BCUT2D eigenvalue weighted by Gasteiger charge is 2.11. The number of nitrogens with two attached hydrogens (primary N) is 1. The van der Waals surface area contributed by atoms with E-state index in [1.807, 2.05) is 13.0 Å². The molecule has 0 saturated heterocycles. The molecule has 18 heavy (non-hydrogen) atoms. The molecule has 0 radical (unpaired) electrons. The molecule has 0 bridgehead atoms. The van der Waals surface area contributed by atoms with Gasteiger partial charge in [-0.25, -0.2) is 18.1 Å². The van der Waals surface area contributed by atoms with Gasteiger partial charge < -0.3 is 5.73 Å². The predicted octanol–water partition coefficient (Wildman–Crippen LogP) is 0.690. The molecule has 0 fully saturated rings. The molecule has 0 spiro atoms. The normalized spacial score (nSPS) is 13.5. The maximum Gasteiger partial charge on any atom is 0.178 e. The first kappa shape index (κ1) is 12.7. The zero-order valence-corrected chi connectivity index (χ0v) is 10.9. The predicted molar refractivity (Wildman–Crippen MR) is 67.1 cm³/mol. The summed E-state index contributed by atoms with van der Waals surface area (Å²) < 4.78 is 24.1. The van der Waals surface area contributed by atoms with Crippen molar-refractivity contribution in [2.24, 2.45) is 5.73 Å². The molecule has 2 heterocycles. The van der Waals surface area contributed by atoms with Crippen LogP contribution in [0.15, 0.2) is 35.6 Å². The molecule has 2 N–H and O–H groups in total. The Morgan fingerprint density at radius 3 is 2.50 bits per heavy atom. The van der Waals surface area contributed by atoms with Crippen molar-refractivity contribution >= 4 is 9.84 Å². The molecule has 0 aliphatic rings. The Balaban J connectivity index is 2.35. The summed E-state index contributed by atoms with van der Waals surface area (Å²) in [5.41, 5.74) is 6.63. The minimum absolute atomic E-state index is 0.0873. The Morgan fingerprint density at radius 2 is 2.06 bits per heavy atom. The summed E-state index contributed by atoms with van der Waals surface area (Å²) in [4.78, 5) is 4.36. The quantitative estimate of drug-likeness (QED) is 0.882. The highest BCUT2D eigenvalue weighted by atomic mass is 32.2. The van der Waals surface area contributed by atoms with E-state index in [-0.39, 0.29) is 10.9 Å². The Kier molecular flexibility index (Phi) is 3.18. The third kappa shape index (κ3) is 2.57. The highest BCUT2D eigenvalue weighted by molar-refractivity contribution is 7.90. The number of rotatable bonds is 3. The van der Waals surface area contributed by atoms with E-state index in [2.05, 4.69) is 10.1 Å². The van der Waals surface area contributed by atoms with Gasteiger partial charge in [0.25, 0.3) is 0 Å². The number of sulfone groups is 1. The Hall–Kier alpha value is -1.73. The molecular formula is C11H14N4O2S. The molecule has 0 saturated carbocycles. The van der Waals surface area contributed by atoms with Crippen LogP contribution in [-0.4, -0.2) is 29.4 Å². The van der Waals surface area contributed by atoms with E-state index >= 15 is 0 Å². The number of hydrogen-bond acceptors (Lipinski definition) is 5. The summed E-state index contributed by atoms with van der Waals surface area (Å²) >= 11 is 0. The zero-order chi connectivity index (χ0) is 13.3. The van der Waals surface area contributed by atoms with Crippen molar-refractivity contribution in [1.29, 1.82) is 0 Å². The van der Waals surface area contributed by atoms with Crippen molar-refractivity contribution < 1.29 is 8.42 Å². The fraction of sp³-hybridized carbons (Fsp3) is 0.273. The second-order valence-electron chi connectivity index (χ2n) is 4.13. The Morgan fingerprint density at radius 1 is 1.33 bits per heavy atom. The first-order valence-electron chi connectivity index (χ1n) is 5.34. The largest absolute Gasteiger partial charge is 0.324 e. The molecule has 2 aromatic rings. The maximum atomic E-state index is 11.3. The van der Waals surface area contributed by atoms with Crippen LogP contribution < -0.4 is 5.73 Å².